The lowest BCUT2D eigenvalue weighted by Gasteiger charge is -2.13. The molecule has 24 heavy (non-hydrogen) atoms. The Balaban J connectivity index is 1.59. The molecule has 1 saturated carbocycles. The van der Waals surface area contributed by atoms with E-state index in [1.165, 1.54) is 0 Å². The molecule has 1 fully saturated rings. The van der Waals surface area contributed by atoms with Crippen molar-refractivity contribution in [2.24, 2.45) is 5.92 Å². The topological polar surface area (TPSA) is 85.8 Å². The quantitative estimate of drug-likeness (QED) is 0.909. The molecule has 0 saturated heterocycles. The molecule has 0 spiro atoms. The average Bonchev–Trinajstić information content (AvgIpc) is 3.20. The minimum absolute atomic E-state index is 0.0102. The molecule has 2 aromatic rings. The van der Waals surface area contributed by atoms with Crippen molar-refractivity contribution in [1.82, 2.24) is 25.3 Å². The van der Waals surface area contributed by atoms with E-state index in [0.717, 1.165) is 43.6 Å². The van der Waals surface area contributed by atoms with Crippen LogP contribution in [-0.4, -0.2) is 31.9 Å². The predicted octanol–water partition coefficient (Wildman–Crippen LogP) is 2.35. The van der Waals surface area contributed by atoms with Gasteiger partial charge >= 0.3 is 0 Å². The Labute approximate surface area is 141 Å². The summed E-state index contributed by atoms with van der Waals surface area (Å²) in [5.41, 5.74) is 2.44. The molecule has 0 bridgehead atoms. The highest BCUT2D eigenvalue weighted by Crippen LogP contribution is 2.29. The van der Waals surface area contributed by atoms with E-state index in [9.17, 15) is 4.79 Å². The number of aryl methyl sites for hydroxylation is 3. The average molecular weight is 331 g/mol. The Hall–Kier alpha value is -2.18. The van der Waals surface area contributed by atoms with Crippen molar-refractivity contribution in [1.29, 1.82) is 0 Å². The largest absolute Gasteiger partial charge is 0.426 e. The Morgan fingerprint density at radius 2 is 2.08 bits per heavy atom. The molecule has 130 valence electrons. The number of hydrogen-bond donors (Lipinski definition) is 1. The van der Waals surface area contributed by atoms with Gasteiger partial charge in [-0.15, -0.1) is 10.2 Å². The van der Waals surface area contributed by atoms with Gasteiger partial charge in [-0.1, -0.05) is 0 Å². The van der Waals surface area contributed by atoms with Gasteiger partial charge in [-0.05, 0) is 46.0 Å². The Bertz CT molecular complexity index is 733. The molecule has 0 aromatic carbocycles. The summed E-state index contributed by atoms with van der Waals surface area (Å²) >= 11 is 0. The second-order valence-corrected chi connectivity index (χ2v) is 6.63. The monoisotopic (exact) mass is 331 g/mol. The van der Waals surface area contributed by atoms with Gasteiger partial charge in [0.05, 0.1) is 11.3 Å². The minimum atomic E-state index is -0.0102. The molecular weight excluding hydrogens is 306 g/mol. The summed E-state index contributed by atoms with van der Waals surface area (Å²) in [4.78, 5) is 12.6. The van der Waals surface area contributed by atoms with Crippen molar-refractivity contribution >= 4 is 5.91 Å². The molecule has 7 heteroatoms. The first-order chi connectivity index (χ1) is 11.5. The highest BCUT2D eigenvalue weighted by Gasteiger charge is 2.29. The van der Waals surface area contributed by atoms with E-state index in [2.05, 4.69) is 20.6 Å². The minimum Gasteiger partial charge on any atom is -0.426 e. The van der Waals surface area contributed by atoms with Crippen LogP contribution in [-0.2, 0) is 13.0 Å². The van der Waals surface area contributed by atoms with E-state index in [1.54, 1.807) is 6.92 Å². The van der Waals surface area contributed by atoms with Crippen LogP contribution in [0.1, 0.15) is 59.7 Å². The first-order valence-corrected chi connectivity index (χ1v) is 8.61. The SMILES string of the molecule is CCn1nc(C)c(C(=O)N[C@H]2CC[C@@H](Cc3nnc(C)o3)C2)c1C. The van der Waals surface area contributed by atoms with Gasteiger partial charge in [0.25, 0.3) is 5.91 Å². The second kappa shape index (κ2) is 6.75. The molecule has 0 aliphatic heterocycles. The summed E-state index contributed by atoms with van der Waals surface area (Å²) in [6.07, 6.45) is 3.80. The first kappa shape index (κ1) is 16.7. The van der Waals surface area contributed by atoms with Gasteiger partial charge in [-0.3, -0.25) is 9.48 Å². The van der Waals surface area contributed by atoms with Crippen LogP contribution in [0.4, 0.5) is 0 Å². The van der Waals surface area contributed by atoms with Crippen LogP contribution in [0.25, 0.3) is 0 Å². The molecular formula is C17H25N5O2. The Kier molecular flexibility index (Phi) is 4.69. The molecule has 1 aliphatic rings. The van der Waals surface area contributed by atoms with E-state index < -0.39 is 0 Å². The van der Waals surface area contributed by atoms with Gasteiger partial charge < -0.3 is 9.73 Å². The zero-order chi connectivity index (χ0) is 17.3. The van der Waals surface area contributed by atoms with Crippen molar-refractivity contribution in [3.63, 3.8) is 0 Å². The van der Waals surface area contributed by atoms with Crippen LogP contribution in [0.5, 0.6) is 0 Å². The number of carbonyl (C=O) groups excluding carboxylic acids is 1. The number of aromatic nitrogens is 4. The normalized spacial score (nSPS) is 20.5. The summed E-state index contributed by atoms with van der Waals surface area (Å²) in [6, 6.07) is 0.204. The van der Waals surface area contributed by atoms with E-state index in [-0.39, 0.29) is 11.9 Å². The zero-order valence-corrected chi connectivity index (χ0v) is 14.8. The standard InChI is InChI=1S/C17H25N5O2/c1-5-22-11(3)16(10(2)21-22)17(23)18-14-7-6-13(8-14)9-15-20-19-12(4)24-15/h13-14H,5-9H2,1-4H3,(H,18,23)/t13-,14+/m1/s1. The van der Waals surface area contributed by atoms with E-state index >= 15 is 0 Å². The molecule has 7 nitrogen and oxygen atoms in total. The summed E-state index contributed by atoms with van der Waals surface area (Å²) < 4.78 is 7.33. The molecule has 2 aromatic heterocycles. The van der Waals surface area contributed by atoms with Crippen LogP contribution in [0.3, 0.4) is 0 Å². The van der Waals surface area contributed by atoms with Crippen molar-refractivity contribution < 1.29 is 9.21 Å². The van der Waals surface area contributed by atoms with E-state index in [4.69, 9.17) is 4.42 Å². The number of nitrogens with one attached hydrogen (secondary N) is 1. The number of hydrogen-bond acceptors (Lipinski definition) is 5. The highest BCUT2D eigenvalue weighted by atomic mass is 16.4. The van der Waals surface area contributed by atoms with Crippen molar-refractivity contribution in [3.8, 4) is 0 Å². The molecule has 0 radical (unpaired) electrons. The fourth-order valence-corrected chi connectivity index (χ4v) is 3.65. The Morgan fingerprint density at radius 1 is 1.29 bits per heavy atom. The van der Waals surface area contributed by atoms with Crippen LogP contribution in [0.15, 0.2) is 4.42 Å². The number of nitrogens with zero attached hydrogens (tertiary/aromatic N) is 4. The zero-order valence-electron chi connectivity index (χ0n) is 14.8. The lowest BCUT2D eigenvalue weighted by molar-refractivity contribution is 0.0935. The lowest BCUT2D eigenvalue weighted by Crippen LogP contribution is -2.33. The van der Waals surface area contributed by atoms with Crippen LogP contribution in [0, 0.1) is 26.7 Å². The van der Waals surface area contributed by atoms with Gasteiger partial charge in [-0.25, -0.2) is 0 Å². The van der Waals surface area contributed by atoms with Crippen LogP contribution < -0.4 is 5.32 Å². The third kappa shape index (κ3) is 3.34. The maximum atomic E-state index is 12.6. The maximum Gasteiger partial charge on any atom is 0.255 e. The molecule has 1 N–H and O–H groups in total. The molecule has 1 amide bonds. The van der Waals surface area contributed by atoms with Crippen molar-refractivity contribution in [2.75, 3.05) is 0 Å². The molecule has 2 heterocycles. The third-order valence-electron chi connectivity index (χ3n) is 4.82. The lowest BCUT2D eigenvalue weighted by atomic mass is 10.0. The number of amides is 1. The fraction of sp³-hybridized carbons (Fsp3) is 0.647. The number of carbonyl (C=O) groups is 1. The summed E-state index contributed by atoms with van der Waals surface area (Å²) in [5.74, 6) is 1.77. The maximum absolute atomic E-state index is 12.6. The van der Waals surface area contributed by atoms with Gasteiger partial charge in [0, 0.05) is 31.6 Å². The van der Waals surface area contributed by atoms with E-state index in [0.29, 0.717) is 23.3 Å². The van der Waals surface area contributed by atoms with Crippen LogP contribution in [0.2, 0.25) is 0 Å². The second-order valence-electron chi connectivity index (χ2n) is 6.63. The smallest absolute Gasteiger partial charge is 0.255 e. The number of rotatable bonds is 5. The van der Waals surface area contributed by atoms with Gasteiger partial charge in [0.1, 0.15) is 0 Å². The Morgan fingerprint density at radius 3 is 2.71 bits per heavy atom. The van der Waals surface area contributed by atoms with Gasteiger partial charge in [-0.2, -0.15) is 5.10 Å². The van der Waals surface area contributed by atoms with Crippen molar-refractivity contribution in [2.45, 2.75) is 66.0 Å². The summed E-state index contributed by atoms with van der Waals surface area (Å²) in [6.45, 7) is 8.45. The molecule has 0 unspecified atom stereocenters. The highest BCUT2D eigenvalue weighted by molar-refractivity contribution is 5.96. The predicted molar refractivity (Wildman–Crippen MR) is 88.7 cm³/mol. The van der Waals surface area contributed by atoms with E-state index in [1.807, 2.05) is 25.5 Å². The third-order valence-corrected chi connectivity index (χ3v) is 4.82. The first-order valence-electron chi connectivity index (χ1n) is 8.61. The molecule has 3 rings (SSSR count). The van der Waals surface area contributed by atoms with Gasteiger partial charge in [0.15, 0.2) is 0 Å². The van der Waals surface area contributed by atoms with Gasteiger partial charge in [0.2, 0.25) is 11.8 Å². The summed E-state index contributed by atoms with van der Waals surface area (Å²) in [5, 5.41) is 15.5. The fourth-order valence-electron chi connectivity index (χ4n) is 3.65. The summed E-state index contributed by atoms with van der Waals surface area (Å²) in [7, 11) is 0. The molecule has 2 atom stereocenters. The molecule has 1 aliphatic carbocycles. The van der Waals surface area contributed by atoms with Crippen LogP contribution >= 0.6 is 0 Å². The van der Waals surface area contributed by atoms with Crippen molar-refractivity contribution in [3.05, 3.63) is 28.7 Å².